The number of hydrogen-bond acceptors (Lipinski definition) is 1. The quantitative estimate of drug-likeness (QED) is 0.403. The summed E-state index contributed by atoms with van der Waals surface area (Å²) in [5.41, 5.74) is 0. The molecule has 0 aromatic heterocycles. The zero-order valence-corrected chi connectivity index (χ0v) is 16.2. The van der Waals surface area contributed by atoms with Crippen LogP contribution in [0.4, 0.5) is 0 Å². The van der Waals surface area contributed by atoms with Gasteiger partial charge < -0.3 is 0 Å². The standard InChI is InChI=1S/C17H14P.C6H5O.Fe/c1-3-9-15(10-4-1)18(17-13-7-8-14-17)16-11-5-2-6-12-16;7-5-6-3-1-2-4-6;/h1-14H;1-5H;. The molecule has 10 saturated heterocycles. The summed E-state index contributed by atoms with van der Waals surface area (Å²) < 4.78 is 1.09. The van der Waals surface area contributed by atoms with Gasteiger partial charge in [-0.3, -0.25) is 0 Å². The summed E-state index contributed by atoms with van der Waals surface area (Å²) in [7, 11) is -0.265. The predicted octanol–water partition coefficient (Wildman–Crippen LogP) is 4.99. The van der Waals surface area contributed by atoms with Crippen molar-refractivity contribution in [2.45, 2.75) is 46.9 Å². The van der Waals surface area contributed by atoms with E-state index in [0.717, 1.165) is 19.3 Å². The number of carbonyl (C=O) groups is 1. The van der Waals surface area contributed by atoms with E-state index >= 15 is 0 Å². The molecule has 0 saturated carbocycles. The SMILES string of the molecule is O=C[C]12[CH]3[CH]4[CH]5[CH]1[Fe]45321678[CH]2[CH]1[CH]6[C]7(P(c1ccccc1)c1ccccc1)[CH]28. The Morgan fingerprint density at radius 3 is 1.54 bits per heavy atom. The first-order valence-electron chi connectivity index (χ1n) is 10.2. The fraction of sp³-hybridized carbons (Fsp3) is 0.435. The van der Waals surface area contributed by atoms with Gasteiger partial charge in [0.25, 0.3) is 0 Å². The molecule has 0 radical (unpaired) electrons. The van der Waals surface area contributed by atoms with E-state index in [4.69, 9.17) is 0 Å². The Labute approximate surface area is 143 Å². The number of aldehydes is 1. The molecule has 8 atom stereocenters. The number of rotatable bonds is 4. The summed E-state index contributed by atoms with van der Waals surface area (Å²) in [6, 6.07) is 23.1. The Morgan fingerprint density at radius 1 is 0.731 bits per heavy atom. The van der Waals surface area contributed by atoms with E-state index in [1.807, 2.05) is 0 Å². The van der Waals surface area contributed by atoms with Crippen LogP contribution >= 0.6 is 7.92 Å². The van der Waals surface area contributed by atoms with Gasteiger partial charge >= 0.3 is 144 Å². The first-order valence-corrected chi connectivity index (χ1v) is 17.7. The molecule has 10 fully saturated rings. The molecule has 12 rings (SSSR count). The number of hydrogen-bond donors (Lipinski definition) is 0. The van der Waals surface area contributed by atoms with Crippen molar-refractivity contribution >= 4 is 24.8 Å². The average Bonchev–Trinajstić information content (AvgIpc) is 3.64. The third-order valence-corrected chi connectivity index (χ3v) is 67.2. The fourth-order valence-corrected chi connectivity index (χ4v) is 109. The van der Waals surface area contributed by atoms with Crippen LogP contribution in [0, 0.1) is 0 Å². The molecule has 8 unspecified atom stereocenters. The van der Waals surface area contributed by atoms with Crippen LogP contribution in [-0.2, 0) is 11.3 Å². The summed E-state index contributed by atoms with van der Waals surface area (Å²) in [5, 5.41) is 3.26. The van der Waals surface area contributed by atoms with Crippen LogP contribution in [0.2, 0.25) is 42.8 Å². The van der Waals surface area contributed by atoms with E-state index in [1.54, 1.807) is 16.9 Å². The zero-order valence-electron chi connectivity index (χ0n) is 14.2. The summed E-state index contributed by atoms with van der Waals surface area (Å²) >= 11 is 0. The van der Waals surface area contributed by atoms with E-state index < -0.39 is 6.51 Å². The van der Waals surface area contributed by atoms with Crippen molar-refractivity contribution in [2.24, 2.45) is 0 Å². The van der Waals surface area contributed by atoms with Gasteiger partial charge in [-0.25, -0.2) is 0 Å². The number of fused-ring (bicyclic) bond motifs is 10. The maximum absolute atomic E-state index is 12.6. The summed E-state index contributed by atoms with van der Waals surface area (Å²) in [4.78, 5) is 21.7. The molecule has 2 aromatic rings. The van der Waals surface area contributed by atoms with Crippen molar-refractivity contribution in [1.29, 1.82) is 0 Å². The van der Waals surface area contributed by atoms with E-state index in [9.17, 15) is 4.79 Å². The van der Waals surface area contributed by atoms with Crippen LogP contribution in [0.5, 0.6) is 0 Å². The van der Waals surface area contributed by atoms with E-state index in [0.29, 0.717) is 8.37 Å². The van der Waals surface area contributed by atoms with E-state index in [-0.39, 0.29) is 7.92 Å². The molecule has 2 aromatic carbocycles. The van der Waals surface area contributed by atoms with Crippen LogP contribution in [0.15, 0.2) is 60.7 Å². The number of carbonyl (C=O) groups excluding carboxylic acids is 1. The Bertz CT molecular complexity index is 1520. The average molecular weight is 398 g/mol. The van der Waals surface area contributed by atoms with Crippen molar-refractivity contribution in [3.05, 3.63) is 60.7 Å². The Balaban J connectivity index is 1.31. The van der Waals surface area contributed by atoms with Gasteiger partial charge in [0, 0.05) is 0 Å². The van der Waals surface area contributed by atoms with Gasteiger partial charge in [-0.05, 0) is 0 Å². The van der Waals surface area contributed by atoms with Crippen molar-refractivity contribution in [2.75, 3.05) is 0 Å². The predicted molar refractivity (Wildman–Crippen MR) is 101 cm³/mol. The van der Waals surface area contributed by atoms with Gasteiger partial charge in [0.1, 0.15) is 0 Å². The van der Waals surface area contributed by atoms with Gasteiger partial charge in [-0.1, -0.05) is 0 Å². The van der Waals surface area contributed by atoms with Crippen LogP contribution in [0.25, 0.3) is 0 Å². The van der Waals surface area contributed by atoms with Gasteiger partial charge in [0.15, 0.2) is 0 Å². The molecule has 0 amide bonds. The van der Waals surface area contributed by atoms with Crippen LogP contribution in [-0.4, -0.2) is 10.3 Å². The van der Waals surface area contributed by atoms with Gasteiger partial charge in [-0.15, -0.1) is 0 Å². The fourth-order valence-electron chi connectivity index (χ4n) is 19.2. The van der Waals surface area contributed by atoms with Crippen molar-refractivity contribution in [1.82, 2.24) is 0 Å². The van der Waals surface area contributed by atoms with Crippen LogP contribution in [0.1, 0.15) is 0 Å². The molecular weight excluding hydrogens is 379 g/mol. The molecular formula is C23H19FeOP. The van der Waals surface area contributed by atoms with Gasteiger partial charge in [0.2, 0.25) is 0 Å². The minimum atomic E-state index is -3.64. The first-order chi connectivity index (χ1) is 12.6. The van der Waals surface area contributed by atoms with E-state index in [1.165, 1.54) is 19.3 Å². The van der Waals surface area contributed by atoms with Gasteiger partial charge in [0.05, 0.1) is 0 Å². The summed E-state index contributed by atoms with van der Waals surface area (Å²) in [5.74, 6) is 0. The Kier molecular flexibility index (Phi) is 0.548. The first kappa shape index (κ1) is 11.2. The molecule has 0 N–H and O–H groups in total. The molecule has 10 heterocycles. The second-order valence-electron chi connectivity index (χ2n) is 12.9. The topological polar surface area (TPSA) is 17.1 Å². The van der Waals surface area contributed by atoms with E-state index in [2.05, 4.69) is 60.7 Å². The Hall–Kier alpha value is -0.941. The van der Waals surface area contributed by atoms with Crippen LogP contribution < -0.4 is 10.6 Å². The van der Waals surface area contributed by atoms with Crippen molar-refractivity contribution < 1.29 is 11.3 Å². The minimum absolute atomic E-state index is 0.265. The van der Waals surface area contributed by atoms with Crippen molar-refractivity contribution in [3.63, 3.8) is 0 Å². The summed E-state index contributed by atoms with van der Waals surface area (Å²) in [6.07, 6.45) is 1.63. The monoisotopic (exact) mass is 398 g/mol. The molecule has 3 heteroatoms. The summed E-state index contributed by atoms with van der Waals surface area (Å²) in [6.45, 7) is -3.64. The van der Waals surface area contributed by atoms with Crippen molar-refractivity contribution in [3.8, 4) is 0 Å². The molecule has 10 aliphatic heterocycles. The normalized spacial score (nSPS) is 84.7. The van der Waals surface area contributed by atoms with Crippen LogP contribution in [0.3, 0.4) is 0 Å². The molecule has 0 bridgehead atoms. The molecule has 1 nitrogen and oxygen atoms in total. The Morgan fingerprint density at radius 2 is 1.19 bits per heavy atom. The third-order valence-electron chi connectivity index (χ3n) is 17.4. The maximum atomic E-state index is 12.6. The molecule has 130 valence electrons. The molecule has 26 heavy (non-hydrogen) atoms. The third kappa shape index (κ3) is 0.169. The molecule has 10 aliphatic rings. The zero-order chi connectivity index (χ0) is 16.4. The number of benzene rings is 2. The molecule has 1 spiro atoms. The molecule has 0 aliphatic carbocycles. The van der Waals surface area contributed by atoms with Gasteiger partial charge in [-0.2, -0.15) is 0 Å². The second-order valence-corrected chi connectivity index (χ2v) is 39.0. The second kappa shape index (κ2) is 1.28.